The lowest BCUT2D eigenvalue weighted by Crippen LogP contribution is -2.40. The van der Waals surface area contributed by atoms with Crippen LogP contribution >= 0.6 is 11.6 Å². The third kappa shape index (κ3) is 3.15. The highest BCUT2D eigenvalue weighted by molar-refractivity contribution is 6.31. The van der Waals surface area contributed by atoms with Crippen LogP contribution in [-0.4, -0.2) is 23.4 Å². The van der Waals surface area contributed by atoms with Crippen molar-refractivity contribution >= 4 is 23.6 Å². The molecule has 1 aromatic carbocycles. The molecule has 1 aromatic rings. The van der Waals surface area contributed by atoms with E-state index in [1.165, 1.54) is 12.1 Å². The van der Waals surface area contributed by atoms with Gasteiger partial charge in [-0.1, -0.05) is 24.9 Å². The van der Waals surface area contributed by atoms with Gasteiger partial charge < -0.3 is 9.84 Å². The largest absolute Gasteiger partial charge is 0.478 e. The fourth-order valence-corrected chi connectivity index (χ4v) is 2.40. The molecule has 114 valence electrons. The number of rotatable bonds is 3. The molecule has 3 nitrogen and oxygen atoms in total. The molecule has 0 amide bonds. The van der Waals surface area contributed by atoms with Crippen molar-refractivity contribution in [3.05, 3.63) is 33.9 Å². The fourth-order valence-electron chi connectivity index (χ4n) is 2.14. The second kappa shape index (κ2) is 5.60. The van der Waals surface area contributed by atoms with Crippen molar-refractivity contribution in [1.82, 2.24) is 0 Å². The summed E-state index contributed by atoms with van der Waals surface area (Å²) in [7, 11) is 0. The molecule has 2 rings (SSSR count). The molecule has 0 fully saturated rings. The summed E-state index contributed by atoms with van der Waals surface area (Å²) in [6.07, 6.45) is -4.94. The lowest BCUT2D eigenvalue weighted by atomic mass is 9.99. The van der Waals surface area contributed by atoms with Gasteiger partial charge in [0, 0.05) is 10.6 Å². The molecule has 0 spiro atoms. The summed E-state index contributed by atoms with van der Waals surface area (Å²) in [4.78, 5) is 11.0. The smallest absolute Gasteiger partial charge is 0.430 e. The van der Waals surface area contributed by atoms with Crippen LogP contribution in [0.4, 0.5) is 13.2 Å². The van der Waals surface area contributed by atoms with Gasteiger partial charge in [-0.25, -0.2) is 4.79 Å². The molecule has 0 aromatic heterocycles. The van der Waals surface area contributed by atoms with Crippen molar-refractivity contribution in [1.29, 1.82) is 0 Å². The first-order chi connectivity index (χ1) is 9.74. The number of halogens is 4. The molecule has 0 radical (unpaired) electrons. The van der Waals surface area contributed by atoms with Crippen LogP contribution in [0.5, 0.6) is 5.75 Å². The first-order valence-corrected chi connectivity index (χ1v) is 6.62. The van der Waals surface area contributed by atoms with E-state index in [9.17, 15) is 18.0 Å². The summed E-state index contributed by atoms with van der Waals surface area (Å²) in [6, 6.07) is 2.87. The topological polar surface area (TPSA) is 46.5 Å². The summed E-state index contributed by atoms with van der Waals surface area (Å²) >= 11 is 6.04. The summed E-state index contributed by atoms with van der Waals surface area (Å²) in [5, 5.41) is 9.30. The number of fused-ring (bicyclic) bond motifs is 1. The van der Waals surface area contributed by atoms with Crippen LogP contribution in [0.25, 0.3) is 6.08 Å². The van der Waals surface area contributed by atoms with Crippen LogP contribution in [0.1, 0.15) is 24.5 Å². The number of carbonyl (C=O) groups is 1. The minimum Gasteiger partial charge on any atom is -0.478 e. The number of aryl methyl sites for hydroxylation is 1. The molecule has 7 heteroatoms. The summed E-state index contributed by atoms with van der Waals surface area (Å²) in [6.45, 7) is 1.91. The number of alkyl halides is 3. The second-order valence-electron chi connectivity index (χ2n) is 4.68. The lowest BCUT2D eigenvalue weighted by Gasteiger charge is -2.27. The number of benzene rings is 1. The molecule has 1 aliphatic heterocycles. The van der Waals surface area contributed by atoms with Crippen LogP contribution in [0.2, 0.25) is 5.02 Å². The molecule has 0 saturated carbocycles. The molecule has 0 aliphatic carbocycles. The SMILES string of the molecule is CCCc1cc2c(cc1Cl)C=C(C(=O)O)[C@@H](C(F)(F)F)O2. The van der Waals surface area contributed by atoms with Crippen LogP contribution in [-0.2, 0) is 11.2 Å². The Morgan fingerprint density at radius 1 is 1.43 bits per heavy atom. The average molecular weight is 321 g/mol. The Balaban J connectivity index is 2.53. The predicted molar refractivity (Wildman–Crippen MR) is 71.5 cm³/mol. The highest BCUT2D eigenvalue weighted by atomic mass is 35.5. The van der Waals surface area contributed by atoms with Gasteiger partial charge in [0.1, 0.15) is 5.75 Å². The number of carboxylic acid groups (broad SMARTS) is 1. The van der Waals surface area contributed by atoms with E-state index in [0.29, 0.717) is 17.0 Å². The standard InChI is InChI=1S/C14H12ClF3O3/c1-2-3-7-6-11-8(5-10(7)15)4-9(13(19)20)12(21-11)14(16,17)18/h4-6,12H,2-3H2,1H3,(H,19,20)/t12-/m0/s1. The van der Waals surface area contributed by atoms with E-state index in [1.54, 1.807) is 0 Å². The monoisotopic (exact) mass is 320 g/mol. The maximum Gasteiger partial charge on any atom is 0.430 e. The fraction of sp³-hybridized carbons (Fsp3) is 0.357. The molecule has 1 heterocycles. The third-order valence-corrected chi connectivity index (χ3v) is 3.43. The minimum atomic E-state index is -4.80. The van der Waals surface area contributed by atoms with Gasteiger partial charge in [-0.2, -0.15) is 13.2 Å². The van der Waals surface area contributed by atoms with Gasteiger partial charge in [0.25, 0.3) is 0 Å². The van der Waals surface area contributed by atoms with Crippen LogP contribution in [0.15, 0.2) is 17.7 Å². The Hall–Kier alpha value is -1.69. The van der Waals surface area contributed by atoms with Gasteiger partial charge in [0.15, 0.2) is 0 Å². The maximum absolute atomic E-state index is 12.9. The summed E-state index contributed by atoms with van der Waals surface area (Å²) in [5.74, 6) is -1.67. The molecule has 1 N–H and O–H groups in total. The zero-order valence-electron chi connectivity index (χ0n) is 11.0. The van der Waals surface area contributed by atoms with Crippen molar-refractivity contribution in [2.75, 3.05) is 0 Å². The van der Waals surface area contributed by atoms with E-state index < -0.39 is 23.8 Å². The van der Waals surface area contributed by atoms with Crippen LogP contribution in [0.3, 0.4) is 0 Å². The van der Waals surface area contributed by atoms with E-state index in [-0.39, 0.29) is 11.3 Å². The Bertz CT molecular complexity index is 608. The predicted octanol–water partition coefficient (Wildman–Crippen LogP) is 4.08. The normalized spacial score (nSPS) is 17.8. The number of ether oxygens (including phenoxy) is 1. The quantitative estimate of drug-likeness (QED) is 0.912. The zero-order chi connectivity index (χ0) is 15.8. The molecule has 1 aliphatic rings. The van der Waals surface area contributed by atoms with Gasteiger partial charge in [-0.05, 0) is 30.2 Å². The van der Waals surface area contributed by atoms with Crippen molar-refractivity contribution in [3.8, 4) is 5.75 Å². The van der Waals surface area contributed by atoms with Gasteiger partial charge in [0.05, 0.1) is 5.57 Å². The second-order valence-corrected chi connectivity index (χ2v) is 5.08. The first-order valence-electron chi connectivity index (χ1n) is 6.24. The number of carboxylic acids is 1. The zero-order valence-corrected chi connectivity index (χ0v) is 11.8. The van der Waals surface area contributed by atoms with Crippen molar-refractivity contribution in [3.63, 3.8) is 0 Å². The first kappa shape index (κ1) is 15.7. The number of aliphatic carboxylic acids is 1. The Morgan fingerprint density at radius 2 is 2.10 bits per heavy atom. The third-order valence-electron chi connectivity index (χ3n) is 3.08. The van der Waals surface area contributed by atoms with E-state index in [2.05, 4.69) is 0 Å². The van der Waals surface area contributed by atoms with E-state index in [0.717, 1.165) is 12.5 Å². The molecule has 21 heavy (non-hydrogen) atoms. The Labute approximate surface area is 124 Å². The summed E-state index contributed by atoms with van der Waals surface area (Å²) < 4.78 is 43.6. The van der Waals surface area contributed by atoms with Crippen LogP contribution in [0, 0.1) is 0 Å². The highest BCUT2D eigenvalue weighted by Gasteiger charge is 2.48. The van der Waals surface area contributed by atoms with Gasteiger partial charge in [-0.3, -0.25) is 0 Å². The van der Waals surface area contributed by atoms with E-state index in [1.807, 2.05) is 6.92 Å². The number of hydrogen-bond donors (Lipinski definition) is 1. The lowest BCUT2D eigenvalue weighted by molar-refractivity contribution is -0.187. The summed E-state index contributed by atoms with van der Waals surface area (Å²) in [5.41, 5.74) is 0.0538. The highest BCUT2D eigenvalue weighted by Crippen LogP contribution is 2.39. The Kier molecular flexibility index (Phi) is 4.18. The van der Waals surface area contributed by atoms with Gasteiger partial charge in [0.2, 0.25) is 6.10 Å². The molecular formula is C14H12ClF3O3. The van der Waals surface area contributed by atoms with E-state index >= 15 is 0 Å². The molecule has 1 atom stereocenters. The molecule has 0 saturated heterocycles. The van der Waals surface area contributed by atoms with Crippen molar-refractivity contribution < 1.29 is 27.8 Å². The van der Waals surface area contributed by atoms with Crippen LogP contribution < -0.4 is 4.74 Å². The molecule has 0 unspecified atom stereocenters. The van der Waals surface area contributed by atoms with Crippen molar-refractivity contribution in [2.45, 2.75) is 32.0 Å². The van der Waals surface area contributed by atoms with Crippen molar-refractivity contribution in [2.24, 2.45) is 0 Å². The minimum absolute atomic E-state index is 0.00447. The average Bonchev–Trinajstić information content (AvgIpc) is 2.37. The Morgan fingerprint density at radius 3 is 2.62 bits per heavy atom. The maximum atomic E-state index is 12.9. The molecule has 0 bridgehead atoms. The van der Waals surface area contributed by atoms with Gasteiger partial charge >= 0.3 is 12.1 Å². The van der Waals surface area contributed by atoms with E-state index in [4.69, 9.17) is 21.4 Å². The molecular weight excluding hydrogens is 309 g/mol. The van der Waals surface area contributed by atoms with Gasteiger partial charge in [-0.15, -0.1) is 0 Å². The number of hydrogen-bond acceptors (Lipinski definition) is 2.